The van der Waals surface area contributed by atoms with Crippen molar-refractivity contribution in [1.29, 1.82) is 0 Å². The van der Waals surface area contributed by atoms with E-state index in [2.05, 4.69) is 149 Å². The molecule has 1 aliphatic carbocycles. The molecule has 0 spiro atoms. The molecule has 5 nitrogen and oxygen atoms in total. The van der Waals surface area contributed by atoms with E-state index in [0.29, 0.717) is 17.6 Å². The minimum Gasteiger partial charge on any atom is -0.304 e. The Bertz CT molecular complexity index is 2580. The van der Waals surface area contributed by atoms with Crippen molar-refractivity contribution in [2.24, 2.45) is 5.41 Å². The van der Waals surface area contributed by atoms with Crippen molar-refractivity contribution in [3.05, 3.63) is 151 Å². The van der Waals surface area contributed by atoms with Gasteiger partial charge in [-0.3, -0.25) is 4.57 Å². The second kappa shape index (κ2) is 12.7. The van der Waals surface area contributed by atoms with Crippen LogP contribution < -0.4 is 0 Å². The van der Waals surface area contributed by atoms with Crippen molar-refractivity contribution in [3.63, 3.8) is 0 Å². The largest absolute Gasteiger partial charge is 0.304 e. The number of aromatic nitrogens is 5. The average molecular weight is 867 g/mol. The molecule has 53 heavy (non-hydrogen) atoms. The Morgan fingerprint density at radius 3 is 1.66 bits per heavy atom. The van der Waals surface area contributed by atoms with E-state index in [0.717, 1.165) is 55.3 Å². The van der Waals surface area contributed by atoms with Crippen LogP contribution >= 0.6 is 0 Å². The Morgan fingerprint density at radius 2 is 1.06 bits per heavy atom. The molecule has 0 fully saturated rings. The number of fused-ring (bicyclic) bond motifs is 4. The third-order valence-electron chi connectivity index (χ3n) is 12.4. The van der Waals surface area contributed by atoms with Crippen LogP contribution in [0.4, 0.5) is 0 Å². The van der Waals surface area contributed by atoms with E-state index < -0.39 is 0 Å². The zero-order chi connectivity index (χ0) is 35.8. The molecule has 0 unspecified atom stereocenters. The third-order valence-corrected chi connectivity index (χ3v) is 12.4. The molecule has 0 saturated heterocycles. The molecule has 3 aromatic heterocycles. The first kappa shape index (κ1) is 34.8. The first-order valence-corrected chi connectivity index (χ1v) is 18.0. The topological polar surface area (TPSA) is 56.5 Å². The number of benzene rings is 5. The van der Waals surface area contributed by atoms with Gasteiger partial charge in [-0.1, -0.05) is 145 Å². The van der Waals surface area contributed by atoms with Crippen LogP contribution in [0.15, 0.2) is 134 Å². The fraction of sp³-hybridized carbons (Fsp3) is 0.191. The molecular formula is C47H40IrN5-. The summed E-state index contributed by atoms with van der Waals surface area (Å²) in [4.78, 5) is 20.1. The summed E-state index contributed by atoms with van der Waals surface area (Å²) < 4.78 is 2.14. The third kappa shape index (κ3) is 5.38. The van der Waals surface area contributed by atoms with Gasteiger partial charge in [0.1, 0.15) is 0 Å². The second-order valence-electron chi connectivity index (χ2n) is 15.6. The number of para-hydroxylation sites is 2. The van der Waals surface area contributed by atoms with Gasteiger partial charge in [0.2, 0.25) is 5.95 Å². The zero-order valence-corrected chi connectivity index (χ0v) is 33.2. The Labute approximate surface area is 324 Å². The number of hydrogen-bond donors (Lipinski definition) is 0. The average Bonchev–Trinajstić information content (AvgIpc) is 3.56. The maximum Gasteiger partial charge on any atom is 0.238 e. The maximum atomic E-state index is 5.10. The Hall–Kier alpha value is -5.29. The second-order valence-corrected chi connectivity index (χ2v) is 15.6. The Balaban J connectivity index is 0.00000400. The van der Waals surface area contributed by atoms with Gasteiger partial charge in [-0.15, -0.1) is 34.9 Å². The van der Waals surface area contributed by atoms with E-state index in [1.54, 1.807) is 0 Å². The SMILES string of the molecule is CC1(C)c2c[c-]c(-c3ccc(-c4ccc(-c5nc(-c6ccccc6)nc(-n6c7ccccc7c7ccccc76)n5)cc4)cn3)cc2C(C)(C)C1(C)C.[Ir]. The number of pyridine rings is 1. The van der Waals surface area contributed by atoms with Gasteiger partial charge in [-0.2, -0.15) is 9.97 Å². The van der Waals surface area contributed by atoms with Crippen LogP contribution in [-0.4, -0.2) is 24.5 Å². The molecule has 9 rings (SSSR count). The van der Waals surface area contributed by atoms with Crippen molar-refractivity contribution >= 4 is 21.8 Å². The van der Waals surface area contributed by atoms with Crippen LogP contribution in [0.2, 0.25) is 0 Å². The van der Waals surface area contributed by atoms with Crippen LogP contribution in [0.1, 0.15) is 52.7 Å². The van der Waals surface area contributed by atoms with E-state index >= 15 is 0 Å². The summed E-state index contributed by atoms with van der Waals surface area (Å²) in [6.07, 6.45) is 1.96. The number of hydrogen-bond acceptors (Lipinski definition) is 4. The summed E-state index contributed by atoms with van der Waals surface area (Å²) in [5.74, 6) is 1.83. The van der Waals surface area contributed by atoms with E-state index in [1.807, 2.05) is 36.5 Å². The molecule has 1 radical (unpaired) electrons. The van der Waals surface area contributed by atoms with E-state index in [1.165, 1.54) is 11.1 Å². The van der Waals surface area contributed by atoms with Crippen LogP contribution in [0, 0.1) is 11.5 Å². The quantitative estimate of drug-likeness (QED) is 0.162. The van der Waals surface area contributed by atoms with Crippen LogP contribution in [0.25, 0.3) is 72.9 Å². The van der Waals surface area contributed by atoms with Gasteiger partial charge in [0, 0.05) is 48.2 Å². The summed E-state index contributed by atoms with van der Waals surface area (Å²) in [7, 11) is 0. The smallest absolute Gasteiger partial charge is 0.238 e. The van der Waals surface area contributed by atoms with Gasteiger partial charge < -0.3 is 4.98 Å². The first-order valence-electron chi connectivity index (χ1n) is 18.0. The molecule has 0 aliphatic heterocycles. The predicted octanol–water partition coefficient (Wildman–Crippen LogP) is 11.4. The monoisotopic (exact) mass is 867 g/mol. The summed E-state index contributed by atoms with van der Waals surface area (Å²) >= 11 is 0. The summed E-state index contributed by atoms with van der Waals surface area (Å²) in [5, 5.41) is 2.33. The van der Waals surface area contributed by atoms with Crippen molar-refractivity contribution in [1.82, 2.24) is 24.5 Å². The molecule has 0 saturated carbocycles. The number of nitrogens with zero attached hydrogens (tertiary/aromatic N) is 5. The first-order chi connectivity index (χ1) is 25.0. The minimum absolute atomic E-state index is 0. The minimum atomic E-state index is 0. The van der Waals surface area contributed by atoms with Gasteiger partial charge in [-0.25, -0.2) is 4.98 Å². The fourth-order valence-corrected chi connectivity index (χ4v) is 8.11. The summed E-state index contributed by atoms with van der Waals surface area (Å²) in [6.45, 7) is 14.2. The van der Waals surface area contributed by atoms with E-state index in [9.17, 15) is 0 Å². The molecule has 5 aromatic carbocycles. The predicted molar refractivity (Wildman–Crippen MR) is 212 cm³/mol. The molecule has 0 atom stereocenters. The summed E-state index contributed by atoms with van der Waals surface area (Å²) in [6, 6.07) is 47.7. The summed E-state index contributed by atoms with van der Waals surface area (Å²) in [5.41, 5.74) is 11.0. The fourth-order valence-electron chi connectivity index (χ4n) is 8.11. The van der Waals surface area contributed by atoms with Gasteiger partial charge in [0.25, 0.3) is 0 Å². The van der Waals surface area contributed by atoms with Gasteiger partial charge in [0.15, 0.2) is 11.6 Å². The van der Waals surface area contributed by atoms with Crippen LogP contribution in [0.3, 0.4) is 0 Å². The molecular weight excluding hydrogens is 827 g/mol. The van der Waals surface area contributed by atoms with Crippen LogP contribution in [0.5, 0.6) is 0 Å². The Morgan fingerprint density at radius 1 is 0.528 bits per heavy atom. The molecule has 0 bridgehead atoms. The number of rotatable bonds is 5. The van der Waals surface area contributed by atoms with Crippen molar-refractivity contribution in [3.8, 4) is 51.1 Å². The van der Waals surface area contributed by atoms with Gasteiger partial charge in [-0.05, 0) is 45.2 Å². The standard InChI is InChI=1S/C47H40N5.Ir/c1-45(2)37-26-24-33(28-38(37)46(3,4)47(45,5)6)39-27-25-34(29-48-39)30-20-22-32(23-21-30)43-49-42(31-14-8-7-9-15-31)50-44(51-43)52-40-18-12-10-16-35(40)36-17-11-13-19-41(36)52;/h7-23,25-29H,1-6H3;/q-1;. The molecule has 8 aromatic rings. The van der Waals surface area contributed by atoms with E-state index in [-0.39, 0.29) is 36.4 Å². The van der Waals surface area contributed by atoms with Gasteiger partial charge >= 0.3 is 0 Å². The van der Waals surface area contributed by atoms with Crippen molar-refractivity contribution in [2.45, 2.75) is 52.4 Å². The maximum absolute atomic E-state index is 5.10. The molecule has 3 heterocycles. The molecule has 0 N–H and O–H groups in total. The Kier molecular flexibility index (Phi) is 8.32. The normalized spacial score (nSPS) is 15.3. The van der Waals surface area contributed by atoms with Gasteiger partial charge in [0.05, 0.1) is 11.0 Å². The molecule has 1 aliphatic rings. The van der Waals surface area contributed by atoms with Crippen LogP contribution in [-0.2, 0) is 30.9 Å². The van der Waals surface area contributed by atoms with Crippen molar-refractivity contribution in [2.75, 3.05) is 0 Å². The molecule has 263 valence electrons. The zero-order valence-electron chi connectivity index (χ0n) is 30.8. The molecule has 0 amide bonds. The van der Waals surface area contributed by atoms with Crippen molar-refractivity contribution < 1.29 is 20.1 Å². The molecule has 6 heteroatoms. The van der Waals surface area contributed by atoms with E-state index in [4.69, 9.17) is 19.9 Å².